The summed E-state index contributed by atoms with van der Waals surface area (Å²) in [5.41, 5.74) is 2.37. The topological polar surface area (TPSA) is 12.9 Å². The van der Waals surface area contributed by atoms with Crippen molar-refractivity contribution in [2.24, 2.45) is 0 Å². The highest BCUT2D eigenvalue weighted by Gasteiger charge is 2.33. The molecule has 25 heavy (non-hydrogen) atoms. The fraction of sp³-hybridized carbons (Fsp3) is 0.0952. The Morgan fingerprint density at radius 3 is 2.36 bits per heavy atom. The third kappa shape index (κ3) is 2.64. The zero-order valence-electron chi connectivity index (χ0n) is 13.4. The van der Waals surface area contributed by atoms with Gasteiger partial charge >= 0.3 is 6.18 Å². The van der Waals surface area contributed by atoms with Crippen molar-refractivity contribution in [2.75, 3.05) is 0 Å². The first kappa shape index (κ1) is 15.6. The fourth-order valence-electron chi connectivity index (χ4n) is 3.32. The molecule has 1 aromatic heterocycles. The van der Waals surface area contributed by atoms with Crippen LogP contribution in [-0.4, -0.2) is 4.98 Å². The van der Waals surface area contributed by atoms with Crippen LogP contribution in [0.25, 0.3) is 32.8 Å². The minimum Gasteiger partial charge on any atom is -0.256 e. The maximum Gasteiger partial charge on any atom is 0.417 e. The van der Waals surface area contributed by atoms with Crippen LogP contribution in [-0.2, 0) is 6.18 Å². The maximum atomic E-state index is 13.3. The van der Waals surface area contributed by atoms with E-state index in [2.05, 4.69) is 11.1 Å². The summed E-state index contributed by atoms with van der Waals surface area (Å²) in [5, 5.41) is 2.18. The summed E-state index contributed by atoms with van der Waals surface area (Å²) in [6.45, 7) is 1.98. The van der Waals surface area contributed by atoms with Crippen molar-refractivity contribution in [3.05, 3.63) is 78.0 Å². The van der Waals surface area contributed by atoms with Gasteiger partial charge in [0, 0.05) is 17.1 Å². The number of rotatable bonds is 1. The molecule has 0 N–H and O–H groups in total. The van der Waals surface area contributed by atoms with E-state index in [1.54, 1.807) is 0 Å². The summed E-state index contributed by atoms with van der Waals surface area (Å²) in [4.78, 5) is 4.27. The molecule has 0 spiro atoms. The molecule has 0 aliphatic rings. The van der Waals surface area contributed by atoms with Crippen molar-refractivity contribution in [3.63, 3.8) is 0 Å². The van der Waals surface area contributed by atoms with Crippen LogP contribution in [0.15, 0.2) is 66.9 Å². The lowest BCUT2D eigenvalue weighted by molar-refractivity contribution is -0.136. The lowest BCUT2D eigenvalue weighted by Gasteiger charge is -2.15. The highest BCUT2D eigenvalue weighted by molar-refractivity contribution is 6.05. The largest absolute Gasteiger partial charge is 0.417 e. The summed E-state index contributed by atoms with van der Waals surface area (Å²) in [6, 6.07) is 17.6. The number of pyridine rings is 1. The van der Waals surface area contributed by atoms with Gasteiger partial charge in [-0.15, -0.1) is 0 Å². The van der Waals surface area contributed by atoms with Gasteiger partial charge in [-0.1, -0.05) is 48.5 Å². The predicted octanol–water partition coefficient (Wildman–Crippen LogP) is 6.38. The molecular weight excluding hydrogens is 323 g/mol. The van der Waals surface area contributed by atoms with Gasteiger partial charge < -0.3 is 0 Å². The van der Waals surface area contributed by atoms with Crippen molar-refractivity contribution >= 4 is 21.7 Å². The van der Waals surface area contributed by atoms with Crippen molar-refractivity contribution < 1.29 is 13.2 Å². The van der Waals surface area contributed by atoms with Gasteiger partial charge in [-0.05, 0) is 41.0 Å². The molecule has 0 atom stereocenters. The minimum atomic E-state index is -4.41. The van der Waals surface area contributed by atoms with Gasteiger partial charge in [0.1, 0.15) is 0 Å². The Morgan fingerprint density at radius 2 is 1.56 bits per heavy atom. The predicted molar refractivity (Wildman–Crippen MR) is 94.4 cm³/mol. The van der Waals surface area contributed by atoms with Gasteiger partial charge in [0.25, 0.3) is 0 Å². The van der Waals surface area contributed by atoms with Gasteiger partial charge in [-0.25, -0.2) is 0 Å². The molecule has 0 bridgehead atoms. The summed E-state index contributed by atoms with van der Waals surface area (Å²) in [7, 11) is 0. The van der Waals surface area contributed by atoms with Gasteiger partial charge in [0.15, 0.2) is 0 Å². The SMILES string of the molecule is Cc1cc(-c2ccc(C(F)(F)F)c3cccnc23)c2ccccc2c1. The molecule has 4 rings (SSSR count). The number of fused-ring (bicyclic) bond motifs is 2. The molecule has 0 saturated heterocycles. The van der Waals surface area contributed by atoms with E-state index in [9.17, 15) is 13.2 Å². The number of nitrogens with zero attached hydrogens (tertiary/aromatic N) is 1. The molecule has 0 saturated carbocycles. The van der Waals surface area contributed by atoms with Crippen LogP contribution in [0, 0.1) is 6.92 Å². The van der Waals surface area contributed by atoms with Crippen LogP contribution in [0.4, 0.5) is 13.2 Å². The number of aryl methyl sites for hydroxylation is 1. The quantitative estimate of drug-likeness (QED) is 0.392. The molecule has 0 amide bonds. The number of benzene rings is 3. The summed E-state index contributed by atoms with van der Waals surface area (Å²) >= 11 is 0. The first-order valence-electron chi connectivity index (χ1n) is 7.90. The average molecular weight is 337 g/mol. The molecule has 1 heterocycles. The van der Waals surface area contributed by atoms with Crippen LogP contribution in [0.2, 0.25) is 0 Å². The zero-order valence-corrected chi connectivity index (χ0v) is 13.4. The van der Waals surface area contributed by atoms with Crippen molar-refractivity contribution in [2.45, 2.75) is 13.1 Å². The Kier molecular flexibility index (Phi) is 3.49. The van der Waals surface area contributed by atoms with Crippen LogP contribution >= 0.6 is 0 Å². The van der Waals surface area contributed by atoms with Crippen LogP contribution in [0.5, 0.6) is 0 Å². The molecule has 4 heteroatoms. The van der Waals surface area contributed by atoms with Gasteiger partial charge in [-0.3, -0.25) is 4.98 Å². The monoisotopic (exact) mass is 337 g/mol. The van der Waals surface area contributed by atoms with E-state index in [0.717, 1.165) is 28.0 Å². The number of aromatic nitrogens is 1. The van der Waals surface area contributed by atoms with Gasteiger partial charge in [0.2, 0.25) is 0 Å². The van der Waals surface area contributed by atoms with E-state index in [1.165, 1.54) is 24.4 Å². The molecule has 0 aliphatic heterocycles. The van der Waals surface area contributed by atoms with E-state index < -0.39 is 11.7 Å². The lowest BCUT2D eigenvalue weighted by Crippen LogP contribution is -2.06. The molecule has 3 aromatic carbocycles. The maximum absolute atomic E-state index is 13.3. The Hall–Kier alpha value is -2.88. The van der Waals surface area contributed by atoms with E-state index in [4.69, 9.17) is 0 Å². The first-order valence-corrected chi connectivity index (χ1v) is 7.90. The molecule has 0 radical (unpaired) electrons. The number of halogens is 3. The van der Waals surface area contributed by atoms with Crippen LogP contribution < -0.4 is 0 Å². The molecule has 1 nitrogen and oxygen atoms in total. The van der Waals surface area contributed by atoms with E-state index >= 15 is 0 Å². The summed E-state index contributed by atoms with van der Waals surface area (Å²) in [6.07, 6.45) is -2.88. The van der Waals surface area contributed by atoms with Gasteiger partial charge in [-0.2, -0.15) is 13.2 Å². The van der Waals surface area contributed by atoms with Crippen LogP contribution in [0.3, 0.4) is 0 Å². The van der Waals surface area contributed by atoms with Crippen molar-refractivity contribution in [1.29, 1.82) is 0 Å². The van der Waals surface area contributed by atoms with E-state index in [1.807, 2.05) is 37.3 Å². The van der Waals surface area contributed by atoms with Crippen molar-refractivity contribution in [1.82, 2.24) is 4.98 Å². The molecule has 124 valence electrons. The molecule has 0 unspecified atom stereocenters. The molecule has 0 fully saturated rings. The normalized spacial score (nSPS) is 12.0. The van der Waals surface area contributed by atoms with Crippen LogP contribution in [0.1, 0.15) is 11.1 Å². The second-order valence-corrected chi connectivity index (χ2v) is 6.09. The molecule has 0 aliphatic carbocycles. The third-order valence-corrected chi connectivity index (χ3v) is 4.37. The van der Waals surface area contributed by atoms with Crippen molar-refractivity contribution in [3.8, 4) is 11.1 Å². The van der Waals surface area contributed by atoms with E-state index in [-0.39, 0.29) is 5.39 Å². The first-order chi connectivity index (χ1) is 11.9. The Bertz CT molecular complexity index is 1100. The Morgan fingerprint density at radius 1 is 0.800 bits per heavy atom. The Labute approximate surface area is 142 Å². The average Bonchev–Trinajstić information content (AvgIpc) is 2.59. The Balaban J connectivity index is 2.10. The smallest absolute Gasteiger partial charge is 0.256 e. The molecular formula is C21H14F3N. The number of hydrogen-bond donors (Lipinski definition) is 0. The minimum absolute atomic E-state index is 0.123. The highest BCUT2D eigenvalue weighted by Crippen LogP contribution is 2.39. The summed E-state index contributed by atoms with van der Waals surface area (Å²) in [5.74, 6) is 0. The summed E-state index contributed by atoms with van der Waals surface area (Å²) < 4.78 is 40.0. The van der Waals surface area contributed by atoms with E-state index in [0.29, 0.717) is 11.1 Å². The highest BCUT2D eigenvalue weighted by atomic mass is 19.4. The number of hydrogen-bond acceptors (Lipinski definition) is 1. The zero-order chi connectivity index (χ0) is 17.6. The lowest BCUT2D eigenvalue weighted by atomic mass is 9.93. The third-order valence-electron chi connectivity index (χ3n) is 4.37. The number of alkyl halides is 3. The molecule has 4 aromatic rings. The second kappa shape index (κ2) is 5.59. The standard InChI is InChI=1S/C21H14F3N/c1-13-11-14-5-2-3-6-15(14)18(12-13)16-8-9-19(21(22,23)24)17-7-4-10-25-20(16)17/h2-12H,1H3. The van der Waals surface area contributed by atoms with Gasteiger partial charge in [0.05, 0.1) is 11.1 Å². The second-order valence-electron chi connectivity index (χ2n) is 6.09. The fourth-order valence-corrected chi connectivity index (χ4v) is 3.32.